The number of hydrogen-bond donors (Lipinski definition) is 1. The number of para-hydroxylation sites is 1. The molecule has 0 unspecified atom stereocenters. The minimum absolute atomic E-state index is 0.0225. The van der Waals surface area contributed by atoms with Crippen LogP contribution in [0.2, 0.25) is 0 Å². The molecule has 0 fully saturated rings. The Kier molecular flexibility index (Phi) is 6.87. The summed E-state index contributed by atoms with van der Waals surface area (Å²) in [6.07, 6.45) is 0. The zero-order chi connectivity index (χ0) is 14.3. The molecule has 3 nitrogen and oxygen atoms in total. The molecule has 19 heavy (non-hydrogen) atoms. The lowest BCUT2D eigenvalue weighted by molar-refractivity contribution is -0.115. The molecule has 0 aliphatic heterocycles. The summed E-state index contributed by atoms with van der Waals surface area (Å²) in [4.78, 5) is 14.1. The summed E-state index contributed by atoms with van der Waals surface area (Å²) >= 11 is 6.77. The molecule has 0 bridgehead atoms. The topological polar surface area (TPSA) is 32.3 Å². The van der Waals surface area contributed by atoms with Gasteiger partial charge in [0, 0.05) is 18.8 Å². The highest BCUT2D eigenvalue weighted by atomic mass is 32.2. The molecule has 0 heterocycles. The Hall–Kier alpha value is -1.07. The van der Waals surface area contributed by atoms with Crippen molar-refractivity contribution in [1.82, 2.24) is 4.90 Å². The lowest BCUT2D eigenvalue weighted by Gasteiger charge is -2.22. The van der Waals surface area contributed by atoms with Crippen LogP contribution in [0.3, 0.4) is 0 Å². The highest BCUT2D eigenvalue weighted by Gasteiger charge is 2.18. The van der Waals surface area contributed by atoms with E-state index in [9.17, 15) is 4.79 Å². The number of nitrogens with zero attached hydrogens (tertiary/aromatic N) is 1. The molecular weight excluding hydrogens is 276 g/mol. The van der Waals surface area contributed by atoms with Crippen molar-refractivity contribution in [3.63, 3.8) is 0 Å². The lowest BCUT2D eigenvalue weighted by atomic mass is 10.3. The zero-order valence-electron chi connectivity index (χ0n) is 11.6. The van der Waals surface area contributed by atoms with Crippen LogP contribution in [-0.2, 0) is 4.79 Å². The summed E-state index contributed by atoms with van der Waals surface area (Å²) in [7, 11) is 0. The fourth-order valence-corrected chi connectivity index (χ4v) is 3.09. The van der Waals surface area contributed by atoms with Gasteiger partial charge in [0.25, 0.3) is 0 Å². The van der Waals surface area contributed by atoms with Crippen molar-refractivity contribution in [2.75, 3.05) is 18.4 Å². The highest BCUT2D eigenvalue weighted by molar-refractivity contribution is 8.23. The van der Waals surface area contributed by atoms with E-state index in [1.54, 1.807) is 0 Å². The average Bonchev–Trinajstić information content (AvgIpc) is 2.41. The number of thioether (sulfide) groups is 1. The molecule has 0 aliphatic rings. The van der Waals surface area contributed by atoms with Crippen LogP contribution in [0.25, 0.3) is 0 Å². The van der Waals surface area contributed by atoms with E-state index in [-0.39, 0.29) is 11.2 Å². The van der Waals surface area contributed by atoms with Gasteiger partial charge in [-0.15, -0.1) is 0 Å². The normalized spacial score (nSPS) is 11.7. The Bertz CT molecular complexity index is 419. The fourth-order valence-electron chi connectivity index (χ4n) is 1.53. The largest absolute Gasteiger partial charge is 0.358 e. The van der Waals surface area contributed by atoms with Gasteiger partial charge in [-0.1, -0.05) is 42.2 Å². The molecule has 104 valence electrons. The van der Waals surface area contributed by atoms with E-state index in [4.69, 9.17) is 12.2 Å². The number of carbonyl (C=O) groups is 1. The maximum absolute atomic E-state index is 12.0. The summed E-state index contributed by atoms with van der Waals surface area (Å²) in [5.74, 6) is -0.0225. The first-order valence-corrected chi connectivity index (χ1v) is 7.68. The summed E-state index contributed by atoms with van der Waals surface area (Å²) in [6, 6.07) is 9.46. The van der Waals surface area contributed by atoms with Crippen molar-refractivity contribution >= 4 is 39.9 Å². The number of nitrogens with one attached hydrogen (secondary N) is 1. The fraction of sp³-hybridized carbons (Fsp3) is 0.429. The van der Waals surface area contributed by atoms with Crippen LogP contribution >= 0.6 is 24.0 Å². The molecular formula is C14H20N2OS2. The molecule has 0 saturated carbocycles. The van der Waals surface area contributed by atoms with E-state index < -0.39 is 0 Å². The van der Waals surface area contributed by atoms with Crippen molar-refractivity contribution in [2.24, 2.45) is 0 Å². The monoisotopic (exact) mass is 296 g/mol. The number of hydrogen-bond acceptors (Lipinski definition) is 3. The van der Waals surface area contributed by atoms with E-state index in [1.807, 2.05) is 37.3 Å². The average molecular weight is 296 g/mol. The van der Waals surface area contributed by atoms with Gasteiger partial charge < -0.3 is 10.2 Å². The van der Waals surface area contributed by atoms with Crippen LogP contribution in [0.1, 0.15) is 20.8 Å². The minimum Gasteiger partial charge on any atom is -0.358 e. The Morgan fingerprint density at radius 1 is 1.32 bits per heavy atom. The molecule has 1 aromatic carbocycles. The number of amides is 1. The second-order valence-corrected chi connectivity index (χ2v) is 6.03. The van der Waals surface area contributed by atoms with Gasteiger partial charge >= 0.3 is 0 Å². The molecule has 1 amide bonds. The first-order chi connectivity index (χ1) is 9.08. The number of rotatable bonds is 5. The third-order valence-corrected chi connectivity index (χ3v) is 4.28. The van der Waals surface area contributed by atoms with E-state index in [1.165, 1.54) is 11.8 Å². The standard InChI is InChI=1S/C14H20N2OS2/c1-4-16(5-2)14(18)19-11(3)13(17)15-12-9-7-6-8-10-12/h6-11H,4-5H2,1-3H3,(H,15,17)/t11-/m0/s1. The van der Waals surface area contributed by atoms with Gasteiger partial charge in [0.2, 0.25) is 5.91 Å². The molecule has 0 aromatic heterocycles. The Morgan fingerprint density at radius 2 is 1.89 bits per heavy atom. The van der Waals surface area contributed by atoms with E-state index in [0.29, 0.717) is 0 Å². The maximum Gasteiger partial charge on any atom is 0.237 e. The molecule has 1 aromatic rings. The molecule has 0 spiro atoms. The number of thiocarbonyl (C=S) groups is 1. The van der Waals surface area contributed by atoms with Crippen LogP contribution in [0.5, 0.6) is 0 Å². The SMILES string of the molecule is CCN(CC)C(=S)S[C@@H](C)C(=O)Nc1ccccc1. The van der Waals surface area contributed by atoms with Crippen LogP contribution in [0.15, 0.2) is 30.3 Å². The van der Waals surface area contributed by atoms with Crippen LogP contribution in [-0.4, -0.2) is 33.5 Å². The first-order valence-electron chi connectivity index (χ1n) is 6.40. The van der Waals surface area contributed by atoms with Gasteiger partial charge in [-0.3, -0.25) is 4.79 Å². The number of benzene rings is 1. The zero-order valence-corrected chi connectivity index (χ0v) is 13.2. The number of anilines is 1. The van der Waals surface area contributed by atoms with Gasteiger partial charge in [0.1, 0.15) is 4.32 Å². The van der Waals surface area contributed by atoms with Crippen molar-refractivity contribution in [2.45, 2.75) is 26.0 Å². The van der Waals surface area contributed by atoms with Crippen molar-refractivity contribution in [3.8, 4) is 0 Å². The van der Waals surface area contributed by atoms with Crippen molar-refractivity contribution in [1.29, 1.82) is 0 Å². The second kappa shape index (κ2) is 8.17. The molecule has 0 radical (unpaired) electrons. The summed E-state index contributed by atoms with van der Waals surface area (Å²) < 4.78 is 0.778. The van der Waals surface area contributed by atoms with Gasteiger partial charge in [0.15, 0.2) is 0 Å². The van der Waals surface area contributed by atoms with Crippen LogP contribution in [0.4, 0.5) is 5.69 Å². The van der Waals surface area contributed by atoms with Gasteiger partial charge in [-0.2, -0.15) is 0 Å². The number of carbonyl (C=O) groups excluding carboxylic acids is 1. The molecule has 5 heteroatoms. The third kappa shape index (κ3) is 5.20. The molecule has 0 aliphatic carbocycles. The Balaban J connectivity index is 2.51. The van der Waals surface area contributed by atoms with Gasteiger partial charge in [0.05, 0.1) is 5.25 Å². The highest BCUT2D eigenvalue weighted by Crippen LogP contribution is 2.18. The van der Waals surface area contributed by atoms with Crippen LogP contribution < -0.4 is 5.32 Å². The minimum atomic E-state index is -0.201. The second-order valence-electron chi connectivity index (χ2n) is 4.05. The Labute approximate surface area is 124 Å². The Morgan fingerprint density at radius 3 is 2.42 bits per heavy atom. The van der Waals surface area contributed by atoms with Gasteiger partial charge in [-0.05, 0) is 32.9 Å². The predicted octanol–water partition coefficient (Wildman–Crippen LogP) is 3.37. The quantitative estimate of drug-likeness (QED) is 0.844. The maximum atomic E-state index is 12.0. The van der Waals surface area contributed by atoms with E-state index >= 15 is 0 Å². The lowest BCUT2D eigenvalue weighted by Crippen LogP contribution is -2.31. The molecule has 1 atom stereocenters. The summed E-state index contributed by atoms with van der Waals surface area (Å²) in [6.45, 7) is 7.74. The molecule has 1 N–H and O–H groups in total. The van der Waals surface area contributed by atoms with Crippen molar-refractivity contribution < 1.29 is 4.79 Å². The van der Waals surface area contributed by atoms with Gasteiger partial charge in [-0.25, -0.2) is 0 Å². The van der Waals surface area contributed by atoms with Crippen LogP contribution in [0, 0.1) is 0 Å². The summed E-state index contributed by atoms with van der Waals surface area (Å²) in [5.41, 5.74) is 0.814. The third-order valence-electron chi connectivity index (χ3n) is 2.71. The first kappa shape index (κ1) is 16.0. The molecule has 1 rings (SSSR count). The summed E-state index contributed by atoms with van der Waals surface area (Å²) in [5, 5.41) is 2.68. The predicted molar refractivity (Wildman–Crippen MR) is 87.6 cm³/mol. The van der Waals surface area contributed by atoms with E-state index in [2.05, 4.69) is 24.1 Å². The van der Waals surface area contributed by atoms with Crippen molar-refractivity contribution in [3.05, 3.63) is 30.3 Å². The smallest absolute Gasteiger partial charge is 0.237 e. The molecule has 0 saturated heterocycles. The van der Waals surface area contributed by atoms with E-state index in [0.717, 1.165) is 23.1 Å².